The first-order valence-corrected chi connectivity index (χ1v) is 8.24. The van der Waals surface area contributed by atoms with Gasteiger partial charge in [-0.25, -0.2) is 4.79 Å². The molecule has 3 rings (SSSR count). The van der Waals surface area contributed by atoms with E-state index in [0.29, 0.717) is 13.0 Å². The zero-order valence-corrected chi connectivity index (χ0v) is 14.3. The van der Waals surface area contributed by atoms with Crippen molar-refractivity contribution in [1.29, 1.82) is 0 Å². The Hall–Kier alpha value is -1.80. The van der Waals surface area contributed by atoms with E-state index in [1.807, 2.05) is 19.2 Å². The normalized spacial score (nSPS) is 31.6. The molecule has 140 valence electrons. The molecule has 1 saturated heterocycles. The number of carbonyl (C=O) groups is 3. The molecule has 3 atom stereocenters. The molecule has 0 bridgehead atoms. The monoisotopic (exact) mass is 362 g/mol. The van der Waals surface area contributed by atoms with Crippen molar-refractivity contribution in [2.24, 2.45) is 17.3 Å². The Labute approximate surface area is 143 Å². The molecule has 0 spiro atoms. The van der Waals surface area contributed by atoms with Gasteiger partial charge in [-0.15, -0.1) is 0 Å². The number of nitrogens with zero attached hydrogens (tertiary/aromatic N) is 1. The van der Waals surface area contributed by atoms with Gasteiger partial charge in [-0.05, 0) is 30.6 Å². The second kappa shape index (κ2) is 5.35. The van der Waals surface area contributed by atoms with Crippen LogP contribution in [0.15, 0.2) is 0 Å². The van der Waals surface area contributed by atoms with Crippen LogP contribution in [0.2, 0.25) is 0 Å². The number of halogens is 3. The molecule has 0 aromatic heterocycles. The van der Waals surface area contributed by atoms with Crippen LogP contribution in [-0.2, 0) is 19.1 Å². The molecule has 2 saturated carbocycles. The summed E-state index contributed by atoms with van der Waals surface area (Å²) in [5.41, 5.74) is -1.68. The summed E-state index contributed by atoms with van der Waals surface area (Å²) in [6, 6.07) is -0.808. The number of esters is 1. The van der Waals surface area contributed by atoms with Gasteiger partial charge in [0.2, 0.25) is 5.91 Å². The molecule has 0 unspecified atom stereocenters. The third-order valence-corrected chi connectivity index (χ3v) is 6.14. The van der Waals surface area contributed by atoms with Crippen molar-refractivity contribution in [3.05, 3.63) is 0 Å². The summed E-state index contributed by atoms with van der Waals surface area (Å²) in [6.45, 7) is 4.27. The highest BCUT2D eigenvalue weighted by Gasteiger charge is 2.71. The largest absolute Gasteiger partial charge is 0.471 e. The van der Waals surface area contributed by atoms with Gasteiger partial charge in [0.25, 0.3) is 0 Å². The second-order valence-corrected chi connectivity index (χ2v) is 7.77. The first-order valence-electron chi connectivity index (χ1n) is 8.24. The number of piperidine rings is 1. The molecule has 3 aliphatic rings. The number of methoxy groups -OCH3 is 1. The van der Waals surface area contributed by atoms with Gasteiger partial charge >= 0.3 is 18.1 Å². The van der Waals surface area contributed by atoms with E-state index in [2.05, 4.69) is 0 Å². The number of likely N-dealkylation sites (tertiary alicyclic amines) is 1. The lowest BCUT2D eigenvalue weighted by Crippen LogP contribution is -2.66. The minimum absolute atomic E-state index is 0.0701. The minimum atomic E-state index is -5.06. The van der Waals surface area contributed by atoms with Crippen molar-refractivity contribution in [1.82, 2.24) is 10.2 Å². The summed E-state index contributed by atoms with van der Waals surface area (Å²) in [5, 5.41) is 1.87. The Morgan fingerprint density at radius 2 is 1.80 bits per heavy atom. The van der Waals surface area contributed by atoms with Crippen LogP contribution >= 0.6 is 0 Å². The lowest BCUT2D eigenvalue weighted by molar-refractivity contribution is -0.179. The Morgan fingerprint density at radius 1 is 1.20 bits per heavy atom. The predicted octanol–water partition coefficient (Wildman–Crippen LogP) is 1.24. The van der Waals surface area contributed by atoms with Gasteiger partial charge in [0, 0.05) is 12.5 Å². The number of fused-ring (bicyclic) bond motifs is 1. The quantitative estimate of drug-likeness (QED) is 0.767. The fraction of sp³-hybridized carbons (Fsp3) is 0.812. The van der Waals surface area contributed by atoms with Crippen molar-refractivity contribution in [2.45, 2.75) is 50.9 Å². The first kappa shape index (κ1) is 18.0. The van der Waals surface area contributed by atoms with E-state index in [1.165, 1.54) is 12.0 Å². The number of hydrogen-bond donors (Lipinski definition) is 1. The molecule has 1 N–H and O–H groups in total. The Bertz CT molecular complexity index is 627. The fourth-order valence-electron chi connectivity index (χ4n) is 4.37. The zero-order chi connectivity index (χ0) is 18.8. The van der Waals surface area contributed by atoms with Crippen molar-refractivity contribution < 1.29 is 32.3 Å². The molecule has 25 heavy (non-hydrogen) atoms. The average molecular weight is 362 g/mol. The van der Waals surface area contributed by atoms with Crippen LogP contribution in [0, 0.1) is 17.3 Å². The van der Waals surface area contributed by atoms with E-state index in [-0.39, 0.29) is 30.1 Å². The number of carbonyl (C=O) groups excluding carboxylic acids is 3. The van der Waals surface area contributed by atoms with Crippen LogP contribution in [-0.4, -0.2) is 54.1 Å². The molecule has 9 heteroatoms. The molecule has 6 nitrogen and oxygen atoms in total. The number of amides is 2. The van der Waals surface area contributed by atoms with Gasteiger partial charge in [0.05, 0.1) is 7.11 Å². The van der Waals surface area contributed by atoms with Crippen LogP contribution in [0.5, 0.6) is 0 Å². The van der Waals surface area contributed by atoms with Crippen LogP contribution < -0.4 is 5.32 Å². The number of nitrogens with one attached hydrogen (secondary N) is 1. The van der Waals surface area contributed by atoms with Crippen molar-refractivity contribution in [2.75, 3.05) is 13.7 Å². The van der Waals surface area contributed by atoms with E-state index in [9.17, 15) is 27.6 Å². The molecule has 0 aromatic rings. The highest BCUT2D eigenvalue weighted by atomic mass is 19.4. The average Bonchev–Trinajstić information content (AvgIpc) is 2.86. The Kier molecular flexibility index (Phi) is 3.85. The summed E-state index contributed by atoms with van der Waals surface area (Å²) in [6.07, 6.45) is -4.24. The van der Waals surface area contributed by atoms with E-state index in [4.69, 9.17) is 4.74 Å². The zero-order valence-electron chi connectivity index (χ0n) is 14.3. The molecule has 2 amide bonds. The highest BCUT2D eigenvalue weighted by Crippen LogP contribution is 2.65. The molecular formula is C16H21F3N2O4. The van der Waals surface area contributed by atoms with Gasteiger partial charge < -0.3 is 15.0 Å². The SMILES string of the molecule is COC(=O)[C@@H]1[C@@H]2[C@H](CN1C(=O)C1(NC(=O)C(F)(F)F)CCC1)C2(C)C. The van der Waals surface area contributed by atoms with E-state index in [0.717, 1.165) is 0 Å². The summed E-state index contributed by atoms with van der Waals surface area (Å²) >= 11 is 0. The van der Waals surface area contributed by atoms with Crippen molar-refractivity contribution >= 4 is 17.8 Å². The molecule has 1 heterocycles. The maximum atomic E-state index is 13.0. The minimum Gasteiger partial charge on any atom is -0.467 e. The predicted molar refractivity (Wildman–Crippen MR) is 79.1 cm³/mol. The molecular weight excluding hydrogens is 341 g/mol. The van der Waals surface area contributed by atoms with Crippen LogP contribution in [0.1, 0.15) is 33.1 Å². The van der Waals surface area contributed by atoms with E-state index in [1.54, 1.807) is 0 Å². The number of hydrogen-bond acceptors (Lipinski definition) is 4. The summed E-state index contributed by atoms with van der Waals surface area (Å²) < 4.78 is 42.6. The number of rotatable bonds is 3. The summed E-state index contributed by atoms with van der Waals surface area (Å²) in [7, 11) is 1.22. The highest BCUT2D eigenvalue weighted by molar-refractivity contribution is 5.96. The molecule has 0 radical (unpaired) electrons. The second-order valence-electron chi connectivity index (χ2n) is 7.77. The third kappa shape index (κ3) is 2.58. The lowest BCUT2D eigenvalue weighted by Gasteiger charge is -2.45. The molecule has 3 fully saturated rings. The maximum absolute atomic E-state index is 13.0. The van der Waals surface area contributed by atoms with Gasteiger partial charge in [0.1, 0.15) is 11.6 Å². The number of alkyl halides is 3. The van der Waals surface area contributed by atoms with Crippen molar-refractivity contribution in [3.63, 3.8) is 0 Å². The van der Waals surface area contributed by atoms with Crippen LogP contribution in [0.3, 0.4) is 0 Å². The fourth-order valence-corrected chi connectivity index (χ4v) is 4.37. The Morgan fingerprint density at radius 3 is 2.24 bits per heavy atom. The van der Waals surface area contributed by atoms with Gasteiger partial charge in [-0.2, -0.15) is 13.2 Å². The lowest BCUT2D eigenvalue weighted by atomic mass is 9.75. The van der Waals surface area contributed by atoms with Crippen LogP contribution in [0.25, 0.3) is 0 Å². The topological polar surface area (TPSA) is 75.7 Å². The van der Waals surface area contributed by atoms with Gasteiger partial charge in [-0.3, -0.25) is 9.59 Å². The first-order chi connectivity index (χ1) is 11.5. The molecule has 1 aliphatic heterocycles. The number of ether oxygens (including phenoxy) is 1. The van der Waals surface area contributed by atoms with E-state index >= 15 is 0 Å². The summed E-state index contributed by atoms with van der Waals surface area (Å²) in [5.74, 6) is -3.27. The Balaban J connectivity index is 1.82. The smallest absolute Gasteiger partial charge is 0.467 e. The van der Waals surface area contributed by atoms with E-state index < -0.39 is 35.5 Å². The molecule has 2 aliphatic carbocycles. The standard InChI is InChI=1S/C16H21F3N2O4/c1-14(2)8-7-21(10(9(8)14)11(22)25-3)13(24)15(5-4-6-15)20-12(23)16(17,18)19/h8-10H,4-7H2,1-3H3,(H,20,23)/t8-,9-,10-/m0/s1. The van der Waals surface area contributed by atoms with Crippen molar-refractivity contribution in [3.8, 4) is 0 Å². The maximum Gasteiger partial charge on any atom is 0.471 e. The summed E-state index contributed by atoms with van der Waals surface area (Å²) in [4.78, 5) is 37.8. The molecule has 0 aromatic carbocycles. The third-order valence-electron chi connectivity index (χ3n) is 6.14. The van der Waals surface area contributed by atoms with Crippen LogP contribution in [0.4, 0.5) is 13.2 Å². The van der Waals surface area contributed by atoms with Gasteiger partial charge in [-0.1, -0.05) is 13.8 Å². The van der Waals surface area contributed by atoms with Gasteiger partial charge in [0.15, 0.2) is 0 Å².